The van der Waals surface area contributed by atoms with Crippen LogP contribution in [0.2, 0.25) is 0 Å². The zero-order chi connectivity index (χ0) is 10.8. The van der Waals surface area contributed by atoms with Crippen molar-refractivity contribution in [2.45, 2.75) is 19.9 Å². The van der Waals surface area contributed by atoms with Crippen molar-refractivity contribution in [3.8, 4) is 0 Å². The molecular formula is C9H13N5S. The third-order valence-electron chi connectivity index (χ3n) is 1.90. The minimum Gasteiger partial charge on any atom is -0.368 e. The van der Waals surface area contributed by atoms with Gasteiger partial charge in [-0.25, -0.2) is 9.98 Å². The highest BCUT2D eigenvalue weighted by atomic mass is 32.2. The molecule has 0 aromatic carbocycles. The Bertz CT molecular complexity index is 380. The molecule has 0 bridgehead atoms. The Morgan fingerprint density at radius 2 is 2.27 bits per heavy atom. The molecule has 15 heavy (non-hydrogen) atoms. The summed E-state index contributed by atoms with van der Waals surface area (Å²) in [5.41, 5.74) is 5.60. The normalized spacial score (nSPS) is 23.7. The summed E-state index contributed by atoms with van der Waals surface area (Å²) in [6, 6.07) is -0.110. The second-order valence-electron chi connectivity index (χ2n) is 3.78. The van der Waals surface area contributed by atoms with Crippen LogP contribution in [0.3, 0.4) is 0 Å². The van der Waals surface area contributed by atoms with Crippen LogP contribution in [0, 0.1) is 5.92 Å². The van der Waals surface area contributed by atoms with Crippen LogP contribution in [0.15, 0.2) is 20.0 Å². The lowest BCUT2D eigenvalue weighted by atomic mass is 10.3. The van der Waals surface area contributed by atoms with Crippen LogP contribution >= 0.6 is 11.8 Å². The number of thioether (sulfide) groups is 1. The van der Waals surface area contributed by atoms with Crippen molar-refractivity contribution in [2.24, 2.45) is 31.6 Å². The van der Waals surface area contributed by atoms with E-state index in [0.717, 1.165) is 10.8 Å². The van der Waals surface area contributed by atoms with Crippen molar-refractivity contribution >= 4 is 34.9 Å². The molecule has 6 heteroatoms. The molecule has 0 aromatic heterocycles. The zero-order valence-electron chi connectivity index (χ0n) is 8.71. The van der Waals surface area contributed by atoms with E-state index in [-0.39, 0.29) is 12.0 Å². The average molecular weight is 223 g/mol. The van der Waals surface area contributed by atoms with Crippen molar-refractivity contribution in [2.75, 3.05) is 5.75 Å². The molecule has 0 amide bonds. The number of hydrogen-bond acceptors (Lipinski definition) is 6. The van der Waals surface area contributed by atoms with E-state index < -0.39 is 0 Å². The molecule has 0 fully saturated rings. The van der Waals surface area contributed by atoms with E-state index in [1.165, 1.54) is 6.34 Å². The second kappa shape index (κ2) is 4.14. The fourth-order valence-corrected chi connectivity index (χ4v) is 2.23. The molecule has 0 aromatic rings. The molecule has 0 saturated carbocycles. The number of nitrogens with zero attached hydrogens (tertiary/aromatic N) is 4. The Morgan fingerprint density at radius 1 is 1.47 bits per heavy atom. The maximum Gasteiger partial charge on any atom is 0.222 e. The van der Waals surface area contributed by atoms with Crippen LogP contribution in [0.1, 0.15) is 13.8 Å². The predicted octanol–water partition coefficient (Wildman–Crippen LogP) is 0.911. The molecule has 0 aliphatic carbocycles. The number of guanidine groups is 1. The quantitative estimate of drug-likeness (QED) is 0.755. The van der Waals surface area contributed by atoms with Gasteiger partial charge >= 0.3 is 0 Å². The van der Waals surface area contributed by atoms with Crippen molar-refractivity contribution in [1.29, 1.82) is 0 Å². The van der Waals surface area contributed by atoms with Gasteiger partial charge in [-0.3, -0.25) is 4.99 Å². The van der Waals surface area contributed by atoms with Gasteiger partial charge in [0.15, 0.2) is 11.9 Å². The number of amidine groups is 1. The van der Waals surface area contributed by atoms with Crippen LogP contribution in [0.4, 0.5) is 0 Å². The lowest BCUT2D eigenvalue weighted by Crippen LogP contribution is -2.31. The lowest BCUT2D eigenvalue weighted by Gasteiger charge is -2.15. The summed E-state index contributed by atoms with van der Waals surface area (Å²) in [5.74, 6) is 2.56. The first-order chi connectivity index (χ1) is 7.16. The molecule has 2 heterocycles. The summed E-state index contributed by atoms with van der Waals surface area (Å²) in [7, 11) is 0. The largest absolute Gasteiger partial charge is 0.368 e. The van der Waals surface area contributed by atoms with Gasteiger partial charge in [0.05, 0.1) is 0 Å². The molecule has 0 radical (unpaired) electrons. The number of aliphatic imine (C=N–C) groups is 4. The molecule has 2 aliphatic heterocycles. The maximum absolute atomic E-state index is 5.60. The minimum atomic E-state index is -0.110. The van der Waals surface area contributed by atoms with E-state index in [1.807, 2.05) is 0 Å². The first-order valence-corrected chi connectivity index (χ1v) is 5.80. The average Bonchev–Trinajstić information content (AvgIpc) is 2.61. The van der Waals surface area contributed by atoms with Crippen molar-refractivity contribution in [3.05, 3.63) is 0 Å². The van der Waals surface area contributed by atoms with Crippen LogP contribution < -0.4 is 5.73 Å². The number of rotatable bonds is 2. The molecule has 2 aliphatic rings. The molecule has 1 atom stereocenters. The minimum absolute atomic E-state index is 0.110. The summed E-state index contributed by atoms with van der Waals surface area (Å²) in [4.78, 5) is 16.5. The highest BCUT2D eigenvalue weighted by Crippen LogP contribution is 2.20. The molecule has 2 rings (SSSR count). The summed E-state index contributed by atoms with van der Waals surface area (Å²) < 4.78 is 0. The van der Waals surface area contributed by atoms with Crippen LogP contribution in [0.25, 0.3) is 0 Å². The summed E-state index contributed by atoms with van der Waals surface area (Å²) in [6.07, 6.45) is 1.52. The van der Waals surface area contributed by atoms with Gasteiger partial charge in [-0.2, -0.15) is 4.99 Å². The van der Waals surface area contributed by atoms with Gasteiger partial charge in [0, 0.05) is 5.75 Å². The SMILES string of the molecule is CC(C)CSC1=NC(N)=NC2=NC=NC21. The van der Waals surface area contributed by atoms with Gasteiger partial charge in [0.25, 0.3) is 0 Å². The Hall–Kier alpha value is -1.17. The van der Waals surface area contributed by atoms with Crippen LogP contribution in [-0.4, -0.2) is 35.0 Å². The second-order valence-corrected chi connectivity index (χ2v) is 4.82. The van der Waals surface area contributed by atoms with Gasteiger partial charge < -0.3 is 5.73 Å². The standard InChI is InChI=1S/C9H13N5S/c1-5(2)3-15-8-6-7(12-4-11-6)13-9(10)14-8/h4-6H,3H2,1-2H3,(H2,10,11,12,13). The van der Waals surface area contributed by atoms with E-state index in [4.69, 9.17) is 5.73 Å². The van der Waals surface area contributed by atoms with Gasteiger partial charge in [-0.1, -0.05) is 13.8 Å². The van der Waals surface area contributed by atoms with Gasteiger partial charge in [0.1, 0.15) is 11.4 Å². The molecule has 1 unspecified atom stereocenters. The van der Waals surface area contributed by atoms with E-state index in [1.54, 1.807) is 11.8 Å². The van der Waals surface area contributed by atoms with Gasteiger partial charge in [-0.05, 0) is 5.92 Å². The number of fused-ring (bicyclic) bond motifs is 1. The third-order valence-corrected chi connectivity index (χ3v) is 3.35. The maximum atomic E-state index is 5.60. The monoisotopic (exact) mass is 223 g/mol. The Kier molecular flexibility index (Phi) is 2.86. The highest BCUT2D eigenvalue weighted by Gasteiger charge is 2.28. The molecular weight excluding hydrogens is 210 g/mol. The first kappa shape index (κ1) is 10.4. The molecule has 80 valence electrons. The topological polar surface area (TPSA) is 75.5 Å². The predicted molar refractivity (Wildman–Crippen MR) is 66.1 cm³/mol. The van der Waals surface area contributed by atoms with E-state index in [2.05, 4.69) is 33.8 Å². The number of hydrogen-bond donors (Lipinski definition) is 1. The zero-order valence-corrected chi connectivity index (χ0v) is 9.53. The third kappa shape index (κ3) is 2.26. The summed E-state index contributed by atoms with van der Waals surface area (Å²) in [6.45, 7) is 4.33. The van der Waals surface area contributed by atoms with Gasteiger partial charge in [-0.15, -0.1) is 11.8 Å². The smallest absolute Gasteiger partial charge is 0.222 e. The fourth-order valence-electron chi connectivity index (χ4n) is 1.24. The van der Waals surface area contributed by atoms with E-state index in [9.17, 15) is 0 Å². The molecule has 0 saturated heterocycles. The highest BCUT2D eigenvalue weighted by molar-refractivity contribution is 8.14. The molecule has 2 N–H and O–H groups in total. The van der Waals surface area contributed by atoms with Crippen molar-refractivity contribution in [1.82, 2.24) is 0 Å². The van der Waals surface area contributed by atoms with E-state index >= 15 is 0 Å². The van der Waals surface area contributed by atoms with Gasteiger partial charge in [0.2, 0.25) is 5.96 Å². The fraction of sp³-hybridized carbons (Fsp3) is 0.556. The van der Waals surface area contributed by atoms with Crippen LogP contribution in [0.5, 0.6) is 0 Å². The first-order valence-electron chi connectivity index (χ1n) is 4.81. The van der Waals surface area contributed by atoms with Crippen molar-refractivity contribution in [3.63, 3.8) is 0 Å². The number of nitrogens with two attached hydrogens (primary N) is 1. The van der Waals surface area contributed by atoms with Crippen LogP contribution in [-0.2, 0) is 0 Å². The summed E-state index contributed by atoms with van der Waals surface area (Å²) in [5, 5.41) is 0.906. The molecule has 5 nitrogen and oxygen atoms in total. The lowest BCUT2D eigenvalue weighted by molar-refractivity contribution is 0.752. The Morgan fingerprint density at radius 3 is 3.00 bits per heavy atom. The Balaban J connectivity index is 2.12. The molecule has 0 spiro atoms. The summed E-state index contributed by atoms with van der Waals surface area (Å²) >= 11 is 1.68. The Labute approximate surface area is 92.7 Å². The van der Waals surface area contributed by atoms with E-state index in [0.29, 0.717) is 11.8 Å². The van der Waals surface area contributed by atoms with Crippen molar-refractivity contribution < 1.29 is 0 Å².